The van der Waals surface area contributed by atoms with Gasteiger partial charge < -0.3 is 31.9 Å². The zero-order valence-electron chi connectivity index (χ0n) is 42.4. The zero-order chi connectivity index (χ0) is 56.0. The Bertz CT molecular complexity index is 3260. The van der Waals surface area contributed by atoms with Crippen LogP contribution in [0.5, 0.6) is 0 Å². The van der Waals surface area contributed by atoms with Crippen LogP contribution in [0.4, 0.5) is 78.7 Å². The summed E-state index contributed by atoms with van der Waals surface area (Å²) in [7, 11) is 0. The summed E-state index contributed by atoms with van der Waals surface area (Å²) in [5.41, 5.74) is 5.05. The second-order valence-electron chi connectivity index (χ2n) is 17.4. The van der Waals surface area contributed by atoms with E-state index in [1.807, 2.05) is 59.8 Å². The average Bonchev–Trinajstić information content (AvgIpc) is 4.20. The third kappa shape index (κ3) is 14.7. The van der Waals surface area contributed by atoms with Gasteiger partial charge in [0.15, 0.2) is 52.4 Å². The number of hydrogen-bond donors (Lipinski definition) is 9. The molecule has 6 heterocycles. The lowest BCUT2D eigenvalue weighted by molar-refractivity contribution is 0.624. The lowest BCUT2D eigenvalue weighted by atomic mass is 10.1. The van der Waals surface area contributed by atoms with Crippen molar-refractivity contribution < 1.29 is 26.3 Å². The molecule has 9 aromatic rings. The summed E-state index contributed by atoms with van der Waals surface area (Å²) >= 11 is 0. The van der Waals surface area contributed by atoms with E-state index in [9.17, 15) is 42.1 Å². The molecule has 3 atom stereocenters. The van der Waals surface area contributed by atoms with Gasteiger partial charge in [0.05, 0.1) is 16.7 Å². The molecular formula is C54H48F6N18. The molecule has 6 aromatic heterocycles. The van der Waals surface area contributed by atoms with Gasteiger partial charge in [0.25, 0.3) is 0 Å². The highest BCUT2D eigenvalue weighted by Gasteiger charge is 2.19. The number of hydrogen-bond acceptors (Lipinski definition) is 15. The number of aryl methyl sites for hydroxylation is 3. The average molecular weight is 1060 g/mol. The maximum Gasteiger partial charge on any atom is 0.170 e. The summed E-state index contributed by atoms with van der Waals surface area (Å²) in [4.78, 5) is 12.5. The van der Waals surface area contributed by atoms with Crippen LogP contribution in [0.2, 0.25) is 0 Å². The van der Waals surface area contributed by atoms with Gasteiger partial charge in [-0.15, -0.1) is 0 Å². The lowest BCUT2D eigenvalue weighted by Gasteiger charge is -2.17. The van der Waals surface area contributed by atoms with Gasteiger partial charge in [-0.2, -0.15) is 31.1 Å². The standard InChI is InChI=1S/3C18H16F2N6/c3*1-10-7-16(26-25-10)23-18-15(20)8-13(9-21)17(24-18)22-11(2)12-3-5-14(19)6-4-12/h3*3-8,11H,1-2H3,(H3,22,23,24,25,26)/t3*11-/m000/s1. The largest absolute Gasteiger partial charge is 0.362 e. The molecule has 0 radical (unpaired) electrons. The van der Waals surface area contributed by atoms with Crippen LogP contribution in [0.1, 0.15) is 89.4 Å². The first-order valence-electron chi connectivity index (χ1n) is 23.6. The third-order valence-electron chi connectivity index (χ3n) is 11.3. The van der Waals surface area contributed by atoms with Crippen LogP contribution in [-0.4, -0.2) is 45.5 Å². The van der Waals surface area contributed by atoms with E-state index in [0.29, 0.717) is 17.5 Å². The molecule has 0 aliphatic heterocycles. The van der Waals surface area contributed by atoms with Gasteiger partial charge in [-0.25, -0.2) is 41.3 Å². The van der Waals surface area contributed by atoms with Gasteiger partial charge in [0.1, 0.15) is 53.1 Å². The van der Waals surface area contributed by atoms with E-state index >= 15 is 0 Å². The molecule has 0 aliphatic carbocycles. The van der Waals surface area contributed by atoms with Crippen LogP contribution in [-0.2, 0) is 0 Å². The van der Waals surface area contributed by atoms with Crippen molar-refractivity contribution >= 4 is 52.4 Å². The van der Waals surface area contributed by atoms with E-state index in [-0.39, 0.29) is 87.2 Å². The van der Waals surface area contributed by atoms with Crippen LogP contribution in [0.25, 0.3) is 0 Å². The highest BCUT2D eigenvalue weighted by Crippen LogP contribution is 2.30. The van der Waals surface area contributed by atoms with Crippen molar-refractivity contribution in [1.29, 1.82) is 15.8 Å². The second-order valence-corrected chi connectivity index (χ2v) is 17.4. The van der Waals surface area contributed by atoms with E-state index < -0.39 is 17.5 Å². The van der Waals surface area contributed by atoms with Gasteiger partial charge in [-0.1, -0.05) is 36.4 Å². The molecule has 396 valence electrons. The highest BCUT2D eigenvalue weighted by atomic mass is 19.1. The highest BCUT2D eigenvalue weighted by molar-refractivity contribution is 5.64. The summed E-state index contributed by atoms with van der Waals surface area (Å²) in [6, 6.07) is 31.3. The predicted molar refractivity (Wildman–Crippen MR) is 282 cm³/mol. The Morgan fingerprint density at radius 3 is 0.833 bits per heavy atom. The number of benzene rings is 3. The number of nitriles is 3. The number of nitrogens with one attached hydrogen (secondary N) is 9. The number of pyridine rings is 3. The molecule has 0 bridgehead atoms. The summed E-state index contributed by atoms with van der Waals surface area (Å²) in [6.07, 6.45) is 0. The molecule has 9 rings (SSSR count). The molecule has 0 aliphatic rings. The Labute approximate surface area is 443 Å². The van der Waals surface area contributed by atoms with Crippen molar-refractivity contribution in [3.05, 3.63) is 195 Å². The van der Waals surface area contributed by atoms with Gasteiger partial charge in [0.2, 0.25) is 0 Å². The Kier molecular flexibility index (Phi) is 17.9. The summed E-state index contributed by atoms with van der Waals surface area (Å²) in [5, 5.41) is 65.5. The first-order valence-corrected chi connectivity index (χ1v) is 23.6. The molecular weight excluding hydrogens is 1010 g/mol. The summed E-state index contributed by atoms with van der Waals surface area (Å²) in [6.45, 7) is 11.0. The molecule has 9 N–H and O–H groups in total. The van der Waals surface area contributed by atoms with Crippen molar-refractivity contribution in [2.45, 2.75) is 59.7 Å². The van der Waals surface area contributed by atoms with Crippen molar-refractivity contribution in [2.75, 3.05) is 31.9 Å². The molecule has 0 fully saturated rings. The number of H-pyrrole nitrogens is 3. The van der Waals surface area contributed by atoms with Crippen LogP contribution in [0, 0.1) is 89.7 Å². The number of rotatable bonds is 15. The van der Waals surface area contributed by atoms with Crippen LogP contribution in [0.15, 0.2) is 109 Å². The first-order chi connectivity index (χ1) is 37.4. The number of aromatic amines is 3. The molecule has 18 nitrogen and oxygen atoms in total. The molecule has 0 amide bonds. The van der Waals surface area contributed by atoms with E-state index in [4.69, 9.17) is 0 Å². The number of nitrogens with zero attached hydrogens (tertiary/aromatic N) is 9. The Morgan fingerprint density at radius 1 is 0.385 bits per heavy atom. The maximum atomic E-state index is 14.2. The van der Waals surface area contributed by atoms with Gasteiger partial charge in [-0.05, 0) is 113 Å². The van der Waals surface area contributed by atoms with Crippen molar-refractivity contribution in [3.8, 4) is 18.2 Å². The second kappa shape index (κ2) is 25.2. The Balaban J connectivity index is 0.000000170. The van der Waals surface area contributed by atoms with E-state index in [1.165, 1.54) is 36.4 Å². The Morgan fingerprint density at radius 2 is 0.628 bits per heavy atom. The van der Waals surface area contributed by atoms with Crippen LogP contribution >= 0.6 is 0 Å². The number of halogens is 6. The molecule has 3 aromatic carbocycles. The third-order valence-corrected chi connectivity index (χ3v) is 11.3. The minimum absolute atomic E-state index is 0.0516. The molecule has 0 spiro atoms. The number of anilines is 9. The molecule has 78 heavy (non-hydrogen) atoms. The van der Waals surface area contributed by atoms with Gasteiger partial charge in [0, 0.05) is 53.4 Å². The molecule has 0 saturated heterocycles. The first kappa shape index (κ1) is 55.3. The van der Waals surface area contributed by atoms with E-state index in [1.54, 1.807) is 54.6 Å². The van der Waals surface area contributed by atoms with E-state index in [2.05, 4.69) is 77.4 Å². The fourth-order valence-corrected chi connectivity index (χ4v) is 7.25. The summed E-state index contributed by atoms with van der Waals surface area (Å²) < 4.78 is 81.9. The predicted octanol–water partition coefficient (Wildman–Crippen LogP) is 12.5. The fraction of sp³-hybridized carbons (Fsp3) is 0.167. The topological polar surface area (TPSA) is 268 Å². The van der Waals surface area contributed by atoms with Crippen molar-refractivity contribution in [3.63, 3.8) is 0 Å². The normalized spacial score (nSPS) is 11.7. The lowest BCUT2D eigenvalue weighted by Crippen LogP contribution is -2.11. The van der Waals surface area contributed by atoms with Crippen LogP contribution in [0.3, 0.4) is 0 Å². The Hall–Kier alpha value is -10.4. The number of aromatic nitrogens is 9. The molecule has 0 unspecified atom stereocenters. The smallest absolute Gasteiger partial charge is 0.170 e. The molecule has 0 saturated carbocycles. The van der Waals surface area contributed by atoms with Gasteiger partial charge in [-0.3, -0.25) is 15.3 Å². The quantitative estimate of drug-likeness (QED) is 0.0432. The monoisotopic (exact) mass is 1060 g/mol. The van der Waals surface area contributed by atoms with Crippen molar-refractivity contribution in [2.24, 2.45) is 0 Å². The zero-order valence-corrected chi connectivity index (χ0v) is 42.4. The molecule has 24 heteroatoms. The van der Waals surface area contributed by atoms with E-state index in [0.717, 1.165) is 52.0 Å². The van der Waals surface area contributed by atoms with Gasteiger partial charge >= 0.3 is 0 Å². The van der Waals surface area contributed by atoms with Crippen molar-refractivity contribution in [1.82, 2.24) is 45.5 Å². The SMILES string of the molecule is Cc1cc(Nc2nc(N[C@@H](C)c3ccc(F)cc3)c(C#N)cc2F)n[nH]1.Cc1cc(Nc2nc(N[C@@H](C)c3ccc(F)cc3)c(C#N)cc2F)n[nH]1.Cc1cc(Nc2nc(N[C@@H](C)c3ccc(F)cc3)c(C#N)cc2F)n[nH]1. The minimum Gasteiger partial charge on any atom is -0.362 e. The maximum absolute atomic E-state index is 14.2. The van der Waals surface area contributed by atoms with Crippen LogP contribution < -0.4 is 31.9 Å². The minimum atomic E-state index is -0.665. The fourth-order valence-electron chi connectivity index (χ4n) is 7.25. The summed E-state index contributed by atoms with van der Waals surface area (Å²) in [5.74, 6) is -1.24.